The maximum Gasteiger partial charge on any atom is 0.244 e. The highest BCUT2D eigenvalue weighted by Crippen LogP contribution is 2.22. The number of morpholine rings is 1. The maximum absolute atomic E-state index is 12.4. The van der Waals surface area contributed by atoms with Crippen molar-refractivity contribution >= 4 is 5.91 Å². The first-order chi connectivity index (χ1) is 11.3. The number of carbonyl (C=O) groups is 1. The standard InChI is InChI=1S/C16H26N4O3/c1-13(20-5-2-4-18-20)16(21)17-11-15(14-3-8-23-12-14)19-6-9-22-10-7-19/h2,4-5,13-15H,3,6-12H2,1H3,(H,17,21)/t13-,14+,15-/m1/s1. The zero-order valence-corrected chi connectivity index (χ0v) is 13.7. The largest absolute Gasteiger partial charge is 0.381 e. The lowest BCUT2D eigenvalue weighted by atomic mass is 9.96. The number of hydrogen-bond acceptors (Lipinski definition) is 5. The first-order valence-electron chi connectivity index (χ1n) is 8.42. The third-order valence-corrected chi connectivity index (χ3v) is 4.81. The van der Waals surface area contributed by atoms with Gasteiger partial charge < -0.3 is 14.8 Å². The van der Waals surface area contributed by atoms with Gasteiger partial charge in [-0.1, -0.05) is 0 Å². The third kappa shape index (κ3) is 4.10. The average molecular weight is 322 g/mol. The fourth-order valence-electron chi connectivity index (χ4n) is 3.34. The molecule has 0 aromatic carbocycles. The van der Waals surface area contributed by atoms with Crippen LogP contribution in [0.25, 0.3) is 0 Å². The van der Waals surface area contributed by atoms with Crippen LogP contribution in [0.5, 0.6) is 0 Å². The Morgan fingerprint density at radius 2 is 2.17 bits per heavy atom. The smallest absolute Gasteiger partial charge is 0.244 e. The SMILES string of the molecule is C[C@H](C(=O)NC[C@H]([C@H]1CCOC1)N1CCOCC1)n1cccn1. The van der Waals surface area contributed by atoms with Crippen LogP contribution >= 0.6 is 0 Å². The quantitative estimate of drug-likeness (QED) is 0.816. The molecular formula is C16H26N4O3. The van der Waals surface area contributed by atoms with E-state index in [4.69, 9.17) is 9.47 Å². The van der Waals surface area contributed by atoms with Crippen molar-refractivity contribution in [3.8, 4) is 0 Å². The van der Waals surface area contributed by atoms with Gasteiger partial charge in [0.2, 0.25) is 5.91 Å². The van der Waals surface area contributed by atoms with Gasteiger partial charge in [-0.3, -0.25) is 14.4 Å². The lowest BCUT2D eigenvalue weighted by molar-refractivity contribution is -0.124. The molecule has 1 aromatic rings. The van der Waals surface area contributed by atoms with E-state index in [2.05, 4.69) is 15.3 Å². The van der Waals surface area contributed by atoms with Gasteiger partial charge in [-0.25, -0.2) is 0 Å². The van der Waals surface area contributed by atoms with Crippen molar-refractivity contribution in [2.75, 3.05) is 46.1 Å². The summed E-state index contributed by atoms with van der Waals surface area (Å²) in [5.41, 5.74) is 0. The second-order valence-electron chi connectivity index (χ2n) is 6.25. The van der Waals surface area contributed by atoms with Crippen LogP contribution in [0.4, 0.5) is 0 Å². The molecule has 3 atom stereocenters. The van der Waals surface area contributed by atoms with Crippen LogP contribution in [0, 0.1) is 5.92 Å². The van der Waals surface area contributed by atoms with Gasteiger partial charge in [0.05, 0.1) is 19.8 Å². The molecule has 3 heterocycles. The van der Waals surface area contributed by atoms with Crippen LogP contribution in [0.15, 0.2) is 18.5 Å². The van der Waals surface area contributed by atoms with Gasteiger partial charge in [-0.15, -0.1) is 0 Å². The average Bonchev–Trinajstić information content (AvgIpc) is 3.29. The number of nitrogens with zero attached hydrogens (tertiary/aromatic N) is 3. The zero-order valence-electron chi connectivity index (χ0n) is 13.7. The molecule has 7 heteroatoms. The van der Waals surface area contributed by atoms with Crippen LogP contribution in [0.3, 0.4) is 0 Å². The summed E-state index contributed by atoms with van der Waals surface area (Å²) >= 11 is 0. The van der Waals surface area contributed by atoms with E-state index in [0.29, 0.717) is 18.5 Å². The molecule has 0 bridgehead atoms. The first kappa shape index (κ1) is 16.4. The van der Waals surface area contributed by atoms with Gasteiger partial charge in [0.15, 0.2) is 0 Å². The molecule has 3 rings (SSSR count). The molecule has 2 saturated heterocycles. The Morgan fingerprint density at radius 3 is 2.83 bits per heavy atom. The minimum atomic E-state index is -0.296. The number of hydrogen-bond donors (Lipinski definition) is 1. The molecule has 1 amide bonds. The predicted octanol–water partition coefficient (Wildman–Crippen LogP) is 0.298. The summed E-state index contributed by atoms with van der Waals surface area (Å²) in [5.74, 6) is 0.485. The highest BCUT2D eigenvalue weighted by atomic mass is 16.5. The van der Waals surface area contributed by atoms with E-state index in [1.54, 1.807) is 10.9 Å². The van der Waals surface area contributed by atoms with E-state index in [1.807, 2.05) is 19.2 Å². The Labute approximate surface area is 136 Å². The van der Waals surface area contributed by atoms with Gasteiger partial charge in [0.25, 0.3) is 0 Å². The molecule has 23 heavy (non-hydrogen) atoms. The second-order valence-corrected chi connectivity index (χ2v) is 6.25. The fraction of sp³-hybridized carbons (Fsp3) is 0.750. The van der Waals surface area contributed by atoms with Gasteiger partial charge in [0, 0.05) is 50.6 Å². The highest BCUT2D eigenvalue weighted by molar-refractivity contribution is 5.79. The van der Waals surface area contributed by atoms with Crippen molar-refractivity contribution in [3.63, 3.8) is 0 Å². The molecule has 2 aliphatic heterocycles. The van der Waals surface area contributed by atoms with Crippen molar-refractivity contribution in [1.29, 1.82) is 0 Å². The minimum absolute atomic E-state index is 0.00544. The molecule has 0 spiro atoms. The summed E-state index contributed by atoms with van der Waals surface area (Å²) < 4.78 is 12.7. The van der Waals surface area contributed by atoms with Crippen molar-refractivity contribution < 1.29 is 14.3 Å². The fourth-order valence-corrected chi connectivity index (χ4v) is 3.34. The molecule has 1 aromatic heterocycles. The number of aromatic nitrogens is 2. The second kappa shape index (κ2) is 7.90. The summed E-state index contributed by atoms with van der Waals surface area (Å²) in [4.78, 5) is 14.8. The van der Waals surface area contributed by atoms with Crippen LogP contribution in [0.1, 0.15) is 19.4 Å². The lowest BCUT2D eigenvalue weighted by Gasteiger charge is -2.37. The lowest BCUT2D eigenvalue weighted by Crippen LogP contribution is -2.52. The third-order valence-electron chi connectivity index (χ3n) is 4.81. The summed E-state index contributed by atoms with van der Waals surface area (Å²) in [6.45, 7) is 7.50. The summed E-state index contributed by atoms with van der Waals surface area (Å²) in [6.07, 6.45) is 4.57. The molecular weight excluding hydrogens is 296 g/mol. The van der Waals surface area contributed by atoms with E-state index in [0.717, 1.165) is 45.9 Å². The van der Waals surface area contributed by atoms with Crippen molar-refractivity contribution in [3.05, 3.63) is 18.5 Å². The van der Waals surface area contributed by atoms with Crippen LogP contribution in [-0.4, -0.2) is 72.7 Å². The van der Waals surface area contributed by atoms with Gasteiger partial charge >= 0.3 is 0 Å². The molecule has 128 valence electrons. The Morgan fingerprint density at radius 1 is 1.35 bits per heavy atom. The van der Waals surface area contributed by atoms with E-state index in [1.165, 1.54) is 0 Å². The van der Waals surface area contributed by atoms with Crippen molar-refractivity contribution in [1.82, 2.24) is 20.0 Å². The number of rotatable bonds is 6. The minimum Gasteiger partial charge on any atom is -0.381 e. The molecule has 0 radical (unpaired) electrons. The molecule has 2 aliphatic rings. The normalized spacial score (nSPS) is 25.2. The van der Waals surface area contributed by atoms with E-state index in [9.17, 15) is 4.79 Å². The van der Waals surface area contributed by atoms with Gasteiger partial charge in [0.1, 0.15) is 6.04 Å². The summed E-state index contributed by atoms with van der Waals surface area (Å²) in [7, 11) is 0. The number of amides is 1. The predicted molar refractivity (Wildman–Crippen MR) is 85.1 cm³/mol. The first-order valence-corrected chi connectivity index (χ1v) is 8.42. The van der Waals surface area contributed by atoms with E-state index in [-0.39, 0.29) is 11.9 Å². The van der Waals surface area contributed by atoms with Crippen LogP contribution < -0.4 is 5.32 Å². The summed E-state index contributed by atoms with van der Waals surface area (Å²) in [5, 5.41) is 7.25. The van der Waals surface area contributed by atoms with E-state index >= 15 is 0 Å². The van der Waals surface area contributed by atoms with Crippen molar-refractivity contribution in [2.45, 2.75) is 25.4 Å². The number of ether oxygens (including phenoxy) is 2. The Bertz CT molecular complexity index is 482. The molecule has 1 N–H and O–H groups in total. The Balaban J connectivity index is 1.58. The molecule has 0 unspecified atom stereocenters. The Hall–Kier alpha value is -1.44. The van der Waals surface area contributed by atoms with Gasteiger partial charge in [-0.2, -0.15) is 5.10 Å². The van der Waals surface area contributed by atoms with Crippen LogP contribution in [0.2, 0.25) is 0 Å². The van der Waals surface area contributed by atoms with E-state index < -0.39 is 0 Å². The zero-order chi connectivity index (χ0) is 16.1. The molecule has 0 aliphatic carbocycles. The summed E-state index contributed by atoms with van der Waals surface area (Å²) in [6, 6.07) is 1.85. The van der Waals surface area contributed by atoms with Gasteiger partial charge in [-0.05, 0) is 19.4 Å². The topological polar surface area (TPSA) is 68.6 Å². The molecule has 7 nitrogen and oxygen atoms in total. The monoisotopic (exact) mass is 322 g/mol. The van der Waals surface area contributed by atoms with Crippen molar-refractivity contribution in [2.24, 2.45) is 5.92 Å². The van der Waals surface area contributed by atoms with Crippen LogP contribution in [-0.2, 0) is 14.3 Å². The highest BCUT2D eigenvalue weighted by Gasteiger charge is 2.32. The molecule has 0 saturated carbocycles. The number of nitrogens with one attached hydrogen (secondary N) is 1. The number of carbonyl (C=O) groups excluding carboxylic acids is 1. The molecule has 2 fully saturated rings. The Kier molecular flexibility index (Phi) is 5.64. The maximum atomic E-state index is 12.4.